The molecule has 0 unspecified atom stereocenters. The van der Waals surface area contributed by atoms with E-state index in [0.717, 1.165) is 13.3 Å². The molecule has 0 saturated carbocycles. The molecule has 7 heteroatoms. The molecule has 0 spiro atoms. The van der Waals surface area contributed by atoms with Crippen molar-refractivity contribution in [2.75, 3.05) is 7.11 Å². The average Bonchev–Trinajstić information content (AvgIpc) is 2.03. The first-order chi connectivity index (χ1) is 5.95. The first-order valence-electron chi connectivity index (χ1n) is 3.09. The Balaban J connectivity index is 3.24. The van der Waals surface area contributed by atoms with Crippen molar-refractivity contribution in [2.24, 2.45) is 0 Å². The molecule has 13 heavy (non-hydrogen) atoms. The fraction of sp³-hybridized carbons (Fsp3) is 0.333. The third kappa shape index (κ3) is 2.21. The zero-order chi connectivity index (χ0) is 10.1. The lowest BCUT2D eigenvalue weighted by molar-refractivity contribution is -0.142. The van der Waals surface area contributed by atoms with Crippen LogP contribution in [0.2, 0.25) is 5.28 Å². The van der Waals surface area contributed by atoms with Gasteiger partial charge in [-0.2, -0.15) is 13.2 Å². The molecule has 0 aliphatic heterocycles. The number of ether oxygens (including phenoxy) is 1. The van der Waals surface area contributed by atoms with Crippen LogP contribution in [0.15, 0.2) is 6.20 Å². The van der Waals surface area contributed by atoms with Crippen LogP contribution >= 0.6 is 11.6 Å². The van der Waals surface area contributed by atoms with Crippen LogP contribution in [0.1, 0.15) is 5.69 Å². The number of hydrogen-bond donors (Lipinski definition) is 0. The van der Waals surface area contributed by atoms with E-state index in [2.05, 4.69) is 14.7 Å². The number of methoxy groups -OCH3 is 1. The molecule has 1 heterocycles. The van der Waals surface area contributed by atoms with Gasteiger partial charge in [0.2, 0.25) is 5.28 Å². The van der Waals surface area contributed by atoms with Crippen LogP contribution in [-0.4, -0.2) is 17.1 Å². The van der Waals surface area contributed by atoms with Crippen molar-refractivity contribution in [3.63, 3.8) is 0 Å². The van der Waals surface area contributed by atoms with Crippen LogP contribution in [0, 0.1) is 0 Å². The van der Waals surface area contributed by atoms with E-state index >= 15 is 0 Å². The normalized spacial score (nSPS) is 11.5. The molecule has 0 atom stereocenters. The van der Waals surface area contributed by atoms with E-state index in [4.69, 9.17) is 11.6 Å². The highest BCUT2D eigenvalue weighted by atomic mass is 35.5. The Kier molecular flexibility index (Phi) is 2.60. The van der Waals surface area contributed by atoms with Gasteiger partial charge in [-0.3, -0.25) is 0 Å². The van der Waals surface area contributed by atoms with Gasteiger partial charge in [0, 0.05) is 0 Å². The van der Waals surface area contributed by atoms with E-state index in [1.54, 1.807) is 0 Å². The van der Waals surface area contributed by atoms with E-state index in [-0.39, 0.29) is 0 Å². The summed E-state index contributed by atoms with van der Waals surface area (Å²) in [5.41, 5.74) is -1.17. The van der Waals surface area contributed by atoms with Gasteiger partial charge in [0.05, 0.1) is 13.3 Å². The lowest BCUT2D eigenvalue weighted by atomic mass is 10.4. The van der Waals surface area contributed by atoms with Crippen molar-refractivity contribution in [2.45, 2.75) is 6.18 Å². The van der Waals surface area contributed by atoms with Gasteiger partial charge in [-0.25, -0.2) is 9.97 Å². The minimum Gasteiger partial charge on any atom is -0.493 e. The van der Waals surface area contributed by atoms with E-state index in [1.165, 1.54) is 0 Å². The van der Waals surface area contributed by atoms with Gasteiger partial charge in [-0.15, -0.1) is 0 Å². The summed E-state index contributed by atoms with van der Waals surface area (Å²) in [6.07, 6.45) is -3.71. The molecule has 1 aromatic rings. The van der Waals surface area contributed by atoms with E-state index < -0.39 is 22.9 Å². The molecule has 0 saturated heterocycles. The molecule has 1 aromatic heterocycles. The topological polar surface area (TPSA) is 35.0 Å². The molecule has 72 valence electrons. The summed E-state index contributed by atoms with van der Waals surface area (Å²) in [6.45, 7) is 0. The van der Waals surface area contributed by atoms with Crippen LogP contribution in [0.25, 0.3) is 0 Å². The Morgan fingerprint density at radius 1 is 1.46 bits per heavy atom. The second-order valence-corrected chi connectivity index (χ2v) is 2.39. The second kappa shape index (κ2) is 3.37. The molecule has 0 aromatic carbocycles. The minimum atomic E-state index is -4.59. The average molecular weight is 213 g/mol. The fourth-order valence-electron chi connectivity index (χ4n) is 0.702. The number of alkyl halides is 3. The van der Waals surface area contributed by atoms with Crippen molar-refractivity contribution >= 4 is 11.6 Å². The maximum absolute atomic E-state index is 12.2. The predicted molar refractivity (Wildman–Crippen MR) is 38.6 cm³/mol. The number of aromatic nitrogens is 2. The molecule has 0 fully saturated rings. The summed E-state index contributed by atoms with van der Waals surface area (Å²) in [6, 6.07) is 0. The maximum Gasteiger partial charge on any atom is 0.437 e. The Morgan fingerprint density at radius 2 is 2.08 bits per heavy atom. The van der Waals surface area contributed by atoms with Crippen LogP contribution in [0.3, 0.4) is 0 Å². The zero-order valence-electron chi connectivity index (χ0n) is 6.39. The van der Waals surface area contributed by atoms with Gasteiger partial charge in [0.25, 0.3) is 0 Å². The summed E-state index contributed by atoms with van der Waals surface area (Å²) in [5.74, 6) is -0.447. The maximum atomic E-state index is 12.2. The number of hydrogen-bond acceptors (Lipinski definition) is 3. The zero-order valence-corrected chi connectivity index (χ0v) is 7.15. The van der Waals surface area contributed by atoms with Crippen molar-refractivity contribution in [1.29, 1.82) is 0 Å². The standard InChI is InChI=1S/C6H4ClF3N2O/c1-13-3-2-11-5(7)12-4(3)6(8,9)10/h2H,1H3. The smallest absolute Gasteiger partial charge is 0.437 e. The molecule has 3 nitrogen and oxygen atoms in total. The van der Waals surface area contributed by atoms with E-state index in [0.29, 0.717) is 0 Å². The molecule has 0 N–H and O–H groups in total. The fourth-order valence-corrected chi connectivity index (χ4v) is 0.835. The van der Waals surface area contributed by atoms with Gasteiger partial charge in [-0.1, -0.05) is 0 Å². The summed E-state index contributed by atoms with van der Waals surface area (Å²) in [4.78, 5) is 6.37. The van der Waals surface area contributed by atoms with Gasteiger partial charge >= 0.3 is 6.18 Å². The highest BCUT2D eigenvalue weighted by Crippen LogP contribution is 2.34. The summed E-state index contributed by atoms with van der Waals surface area (Å²) in [5, 5.41) is -0.465. The molecular weight excluding hydrogens is 209 g/mol. The Hall–Kier alpha value is -1.04. The largest absolute Gasteiger partial charge is 0.493 e. The molecule has 1 rings (SSSR count). The summed E-state index contributed by atoms with van der Waals surface area (Å²) < 4.78 is 41.0. The Labute approximate surface area is 76.5 Å². The van der Waals surface area contributed by atoms with Crippen molar-refractivity contribution < 1.29 is 17.9 Å². The molecule has 0 radical (unpaired) electrons. The van der Waals surface area contributed by atoms with Crippen LogP contribution < -0.4 is 4.74 Å². The van der Waals surface area contributed by atoms with Gasteiger partial charge in [-0.05, 0) is 11.6 Å². The first-order valence-corrected chi connectivity index (χ1v) is 3.46. The van der Waals surface area contributed by atoms with Crippen LogP contribution in [-0.2, 0) is 6.18 Å². The molecule has 0 aliphatic rings. The Bertz CT molecular complexity index is 315. The summed E-state index contributed by atoms with van der Waals surface area (Å²) in [7, 11) is 1.10. The van der Waals surface area contributed by atoms with Crippen LogP contribution in [0.5, 0.6) is 5.75 Å². The quantitative estimate of drug-likeness (QED) is 0.669. The second-order valence-electron chi connectivity index (χ2n) is 2.05. The molecule has 0 amide bonds. The molecule has 0 bridgehead atoms. The number of nitrogens with zero attached hydrogens (tertiary/aromatic N) is 2. The molecular formula is C6H4ClF3N2O. The number of halogens is 4. The third-order valence-corrected chi connectivity index (χ3v) is 1.40. The van der Waals surface area contributed by atoms with E-state index in [1.807, 2.05) is 0 Å². The number of rotatable bonds is 1. The lowest BCUT2D eigenvalue weighted by Crippen LogP contribution is -2.11. The summed E-state index contributed by atoms with van der Waals surface area (Å²) >= 11 is 5.20. The predicted octanol–water partition coefficient (Wildman–Crippen LogP) is 2.16. The third-order valence-electron chi connectivity index (χ3n) is 1.21. The van der Waals surface area contributed by atoms with E-state index in [9.17, 15) is 13.2 Å². The van der Waals surface area contributed by atoms with Crippen molar-refractivity contribution in [1.82, 2.24) is 9.97 Å². The Morgan fingerprint density at radius 3 is 2.54 bits per heavy atom. The monoisotopic (exact) mass is 212 g/mol. The molecule has 0 aliphatic carbocycles. The first kappa shape index (κ1) is 10.0. The van der Waals surface area contributed by atoms with Gasteiger partial charge in [0.1, 0.15) is 0 Å². The van der Waals surface area contributed by atoms with Gasteiger partial charge in [0.15, 0.2) is 11.4 Å². The van der Waals surface area contributed by atoms with Crippen molar-refractivity contribution in [3.8, 4) is 5.75 Å². The minimum absolute atomic E-state index is 0.447. The van der Waals surface area contributed by atoms with Crippen LogP contribution in [0.4, 0.5) is 13.2 Å². The lowest BCUT2D eigenvalue weighted by Gasteiger charge is -2.09. The van der Waals surface area contributed by atoms with Crippen molar-refractivity contribution in [3.05, 3.63) is 17.2 Å². The highest BCUT2D eigenvalue weighted by molar-refractivity contribution is 6.28. The highest BCUT2D eigenvalue weighted by Gasteiger charge is 2.36. The van der Waals surface area contributed by atoms with Gasteiger partial charge < -0.3 is 4.74 Å². The SMILES string of the molecule is COc1cnc(Cl)nc1C(F)(F)F.